The summed E-state index contributed by atoms with van der Waals surface area (Å²) in [5.74, 6) is 0.107. The Hall–Kier alpha value is -2.97. The van der Waals surface area contributed by atoms with Gasteiger partial charge in [-0.1, -0.05) is 24.3 Å². The summed E-state index contributed by atoms with van der Waals surface area (Å²) in [6.07, 6.45) is -4.46. The van der Waals surface area contributed by atoms with E-state index in [0.29, 0.717) is 33.0 Å². The number of ether oxygens (including phenoxy) is 1. The molecule has 3 rings (SSSR count). The molecule has 0 unspecified atom stereocenters. The number of hydrogen-bond donors (Lipinski definition) is 2. The van der Waals surface area contributed by atoms with Crippen molar-refractivity contribution in [3.63, 3.8) is 0 Å². The van der Waals surface area contributed by atoms with E-state index < -0.39 is 11.7 Å². The van der Waals surface area contributed by atoms with Crippen LogP contribution in [0.4, 0.5) is 18.9 Å². The first-order chi connectivity index (χ1) is 14.2. The minimum absolute atomic E-state index is 0.0972. The molecule has 0 bridgehead atoms. The molecule has 3 aromatic rings. The van der Waals surface area contributed by atoms with Crippen molar-refractivity contribution in [1.82, 2.24) is 0 Å². The maximum absolute atomic E-state index is 13.3. The van der Waals surface area contributed by atoms with E-state index in [2.05, 4.69) is 5.32 Å². The number of anilines is 1. The molecule has 0 fully saturated rings. The standard InChI is InChI=1S/C22H19F3N2O2S/c1-13-11-15(27-21(28)14-7-10-20(30-26)19(12-14)29-2)8-9-16(13)17-5-3-4-6-18(17)22(23,24)25/h3-12H,26H2,1-2H3,(H,27,28). The highest BCUT2D eigenvalue weighted by molar-refractivity contribution is 7.97. The second-order valence-electron chi connectivity index (χ2n) is 6.51. The van der Waals surface area contributed by atoms with Crippen molar-refractivity contribution in [3.05, 3.63) is 77.4 Å². The van der Waals surface area contributed by atoms with Crippen molar-refractivity contribution < 1.29 is 22.7 Å². The molecule has 4 nitrogen and oxygen atoms in total. The van der Waals surface area contributed by atoms with Crippen molar-refractivity contribution in [3.8, 4) is 16.9 Å². The predicted octanol–water partition coefficient (Wildman–Crippen LogP) is 5.91. The van der Waals surface area contributed by atoms with Crippen LogP contribution in [0.1, 0.15) is 21.5 Å². The van der Waals surface area contributed by atoms with E-state index in [4.69, 9.17) is 9.88 Å². The van der Waals surface area contributed by atoms with Crippen molar-refractivity contribution in [2.24, 2.45) is 5.14 Å². The molecule has 3 N–H and O–H groups in total. The first-order valence-electron chi connectivity index (χ1n) is 8.88. The van der Waals surface area contributed by atoms with E-state index in [0.717, 1.165) is 18.0 Å². The number of halogens is 3. The third kappa shape index (κ3) is 4.60. The highest BCUT2D eigenvalue weighted by Crippen LogP contribution is 2.38. The quantitative estimate of drug-likeness (QED) is 0.492. The van der Waals surface area contributed by atoms with Crippen molar-refractivity contribution in [2.45, 2.75) is 18.0 Å². The van der Waals surface area contributed by atoms with Crippen LogP contribution in [-0.4, -0.2) is 13.0 Å². The smallest absolute Gasteiger partial charge is 0.417 e. The molecule has 0 aromatic heterocycles. The lowest BCUT2D eigenvalue weighted by Crippen LogP contribution is -2.12. The normalized spacial score (nSPS) is 11.3. The first-order valence-corrected chi connectivity index (χ1v) is 9.76. The molecule has 0 aliphatic carbocycles. The second-order valence-corrected chi connectivity index (χ2v) is 7.19. The Kier molecular flexibility index (Phi) is 6.38. The van der Waals surface area contributed by atoms with Crippen LogP contribution in [0.5, 0.6) is 5.75 Å². The zero-order valence-electron chi connectivity index (χ0n) is 16.2. The van der Waals surface area contributed by atoms with E-state index in [1.165, 1.54) is 19.2 Å². The SMILES string of the molecule is COc1cc(C(=O)Nc2ccc(-c3ccccc3C(F)(F)F)c(C)c2)ccc1SN. The largest absolute Gasteiger partial charge is 0.496 e. The van der Waals surface area contributed by atoms with Gasteiger partial charge in [0.2, 0.25) is 0 Å². The molecule has 1 amide bonds. The van der Waals surface area contributed by atoms with Gasteiger partial charge >= 0.3 is 6.18 Å². The third-order valence-electron chi connectivity index (χ3n) is 4.56. The fraction of sp³-hybridized carbons (Fsp3) is 0.136. The van der Waals surface area contributed by atoms with Gasteiger partial charge in [0.05, 0.1) is 17.6 Å². The van der Waals surface area contributed by atoms with Gasteiger partial charge < -0.3 is 10.1 Å². The van der Waals surface area contributed by atoms with Crippen molar-refractivity contribution >= 4 is 23.5 Å². The Bertz CT molecular complexity index is 1080. The van der Waals surface area contributed by atoms with Crippen molar-refractivity contribution in [1.29, 1.82) is 0 Å². The van der Waals surface area contributed by atoms with Gasteiger partial charge in [0, 0.05) is 11.3 Å². The average Bonchev–Trinajstić information content (AvgIpc) is 2.72. The Balaban J connectivity index is 1.88. The minimum Gasteiger partial charge on any atom is -0.496 e. The molecule has 156 valence electrons. The predicted molar refractivity (Wildman–Crippen MR) is 113 cm³/mol. The summed E-state index contributed by atoms with van der Waals surface area (Å²) in [7, 11) is 1.48. The van der Waals surface area contributed by atoms with Crippen LogP contribution in [0, 0.1) is 6.92 Å². The number of nitrogens with one attached hydrogen (secondary N) is 1. The number of carbonyl (C=O) groups excluding carboxylic acids is 1. The summed E-state index contributed by atoms with van der Waals surface area (Å²) in [5.41, 5.74) is 1.30. The molecule has 0 atom stereocenters. The van der Waals surface area contributed by atoms with Gasteiger partial charge in [0.25, 0.3) is 5.91 Å². The number of methoxy groups -OCH3 is 1. The van der Waals surface area contributed by atoms with Crippen LogP contribution in [0.3, 0.4) is 0 Å². The monoisotopic (exact) mass is 432 g/mol. The molecule has 8 heteroatoms. The lowest BCUT2D eigenvalue weighted by atomic mass is 9.95. The van der Waals surface area contributed by atoms with Crippen LogP contribution >= 0.6 is 11.9 Å². The summed E-state index contributed by atoms with van der Waals surface area (Å²) in [4.78, 5) is 13.3. The summed E-state index contributed by atoms with van der Waals surface area (Å²) >= 11 is 1.01. The zero-order chi connectivity index (χ0) is 21.9. The van der Waals surface area contributed by atoms with E-state index in [1.54, 1.807) is 49.4 Å². The van der Waals surface area contributed by atoms with E-state index in [1.807, 2.05) is 0 Å². The van der Waals surface area contributed by atoms with E-state index in [9.17, 15) is 18.0 Å². The summed E-state index contributed by atoms with van der Waals surface area (Å²) < 4.78 is 45.3. The number of hydrogen-bond acceptors (Lipinski definition) is 4. The number of carbonyl (C=O) groups is 1. The van der Waals surface area contributed by atoms with Crippen LogP contribution in [0.25, 0.3) is 11.1 Å². The van der Waals surface area contributed by atoms with Crippen LogP contribution < -0.4 is 15.2 Å². The van der Waals surface area contributed by atoms with Gasteiger partial charge in [0.15, 0.2) is 0 Å². The molecular formula is C22H19F3N2O2S. The van der Waals surface area contributed by atoms with Gasteiger partial charge in [-0.25, -0.2) is 0 Å². The zero-order valence-corrected chi connectivity index (χ0v) is 17.0. The Labute approximate surface area is 176 Å². The lowest BCUT2D eigenvalue weighted by Gasteiger charge is -2.15. The number of aryl methyl sites for hydroxylation is 1. The Morgan fingerprint density at radius 3 is 2.40 bits per heavy atom. The van der Waals surface area contributed by atoms with Crippen LogP contribution in [0.15, 0.2) is 65.6 Å². The maximum Gasteiger partial charge on any atom is 0.417 e. The first kappa shape index (κ1) is 21.7. The molecule has 30 heavy (non-hydrogen) atoms. The fourth-order valence-corrected chi connectivity index (χ4v) is 3.52. The summed E-state index contributed by atoms with van der Waals surface area (Å²) in [5, 5.41) is 8.31. The molecular weight excluding hydrogens is 413 g/mol. The van der Waals surface area contributed by atoms with Gasteiger partial charge in [-0.15, -0.1) is 0 Å². The van der Waals surface area contributed by atoms with Gasteiger partial charge in [-0.05, 0) is 72.0 Å². The summed E-state index contributed by atoms with van der Waals surface area (Å²) in [6, 6.07) is 15.1. The number of benzene rings is 3. The molecule has 0 spiro atoms. The maximum atomic E-state index is 13.3. The minimum atomic E-state index is -4.46. The number of rotatable bonds is 5. The highest BCUT2D eigenvalue weighted by atomic mass is 32.2. The highest BCUT2D eigenvalue weighted by Gasteiger charge is 2.33. The van der Waals surface area contributed by atoms with E-state index >= 15 is 0 Å². The molecule has 0 heterocycles. The molecule has 0 aliphatic heterocycles. The van der Waals surface area contributed by atoms with Crippen LogP contribution in [0.2, 0.25) is 0 Å². The third-order valence-corrected chi connectivity index (χ3v) is 5.15. The Morgan fingerprint density at radius 1 is 1.03 bits per heavy atom. The molecule has 0 radical (unpaired) electrons. The molecule has 0 aliphatic rings. The molecule has 3 aromatic carbocycles. The Morgan fingerprint density at radius 2 is 1.77 bits per heavy atom. The van der Waals surface area contributed by atoms with Gasteiger partial charge in [-0.2, -0.15) is 13.2 Å². The average molecular weight is 432 g/mol. The molecule has 0 saturated carbocycles. The number of alkyl halides is 3. The topological polar surface area (TPSA) is 64.3 Å². The lowest BCUT2D eigenvalue weighted by molar-refractivity contribution is -0.137. The molecule has 0 saturated heterocycles. The van der Waals surface area contributed by atoms with E-state index in [-0.39, 0.29) is 11.5 Å². The van der Waals surface area contributed by atoms with Gasteiger partial charge in [0.1, 0.15) is 5.75 Å². The second kappa shape index (κ2) is 8.81. The number of nitrogens with two attached hydrogens (primary N) is 1. The van der Waals surface area contributed by atoms with Crippen LogP contribution in [-0.2, 0) is 6.18 Å². The van der Waals surface area contributed by atoms with Crippen molar-refractivity contribution in [2.75, 3.05) is 12.4 Å². The fourth-order valence-electron chi connectivity index (χ4n) is 3.12. The number of amides is 1. The summed E-state index contributed by atoms with van der Waals surface area (Å²) in [6.45, 7) is 1.70. The van der Waals surface area contributed by atoms with Gasteiger partial charge in [-0.3, -0.25) is 9.93 Å².